The lowest BCUT2D eigenvalue weighted by Gasteiger charge is -2.19. The fourth-order valence-corrected chi connectivity index (χ4v) is 3.21. The van der Waals surface area contributed by atoms with Crippen LogP contribution >= 0.6 is 0 Å². The summed E-state index contributed by atoms with van der Waals surface area (Å²) in [7, 11) is 0. The second-order valence-electron chi connectivity index (χ2n) is 7.16. The molecule has 0 aliphatic carbocycles. The quantitative estimate of drug-likeness (QED) is 0.254. The van der Waals surface area contributed by atoms with Gasteiger partial charge >= 0.3 is 6.11 Å². The third-order valence-electron chi connectivity index (χ3n) is 4.82. The predicted molar refractivity (Wildman–Crippen MR) is 114 cm³/mol. The first-order chi connectivity index (χ1) is 14.4. The van der Waals surface area contributed by atoms with Crippen LogP contribution in [0.15, 0.2) is 67.3 Å². The topological polar surface area (TPSA) is 18.5 Å². The van der Waals surface area contributed by atoms with E-state index in [-0.39, 0.29) is 12.2 Å². The summed E-state index contributed by atoms with van der Waals surface area (Å²) in [4.78, 5) is 0. The van der Waals surface area contributed by atoms with E-state index in [1.54, 1.807) is 6.08 Å². The first kappa shape index (κ1) is 21.8. The maximum atomic E-state index is 14.6. The zero-order valence-electron chi connectivity index (χ0n) is 17.0. The zero-order valence-corrected chi connectivity index (χ0v) is 17.0. The van der Waals surface area contributed by atoms with Gasteiger partial charge < -0.3 is 9.47 Å². The van der Waals surface area contributed by atoms with E-state index in [9.17, 15) is 13.2 Å². The van der Waals surface area contributed by atoms with Crippen LogP contribution in [-0.4, -0.2) is 6.61 Å². The van der Waals surface area contributed by atoms with Crippen LogP contribution < -0.4 is 9.47 Å². The molecule has 2 nitrogen and oxygen atoms in total. The Labute approximate surface area is 174 Å². The summed E-state index contributed by atoms with van der Waals surface area (Å²) in [6.07, 6.45) is 2.11. The van der Waals surface area contributed by atoms with Gasteiger partial charge in [-0.15, -0.1) is 0 Å². The van der Waals surface area contributed by atoms with Crippen LogP contribution in [-0.2, 0) is 12.5 Å². The molecule has 0 amide bonds. The lowest BCUT2D eigenvalue weighted by Crippen LogP contribution is -2.22. The molecule has 0 radical (unpaired) electrons. The molecule has 0 spiro atoms. The molecule has 0 bridgehead atoms. The van der Waals surface area contributed by atoms with Gasteiger partial charge in [-0.25, -0.2) is 4.39 Å². The number of fused-ring (bicyclic) bond motifs is 1. The van der Waals surface area contributed by atoms with E-state index in [0.717, 1.165) is 31.2 Å². The summed E-state index contributed by atoms with van der Waals surface area (Å²) in [5.74, 6) is -0.877. The SMILES string of the molecule is C=CCOc1ccc(C(F)(F)Oc2cc3ccc(CCCCC)cc3cc2F)cc1. The Balaban J connectivity index is 1.79. The third kappa shape index (κ3) is 5.35. The van der Waals surface area contributed by atoms with Crippen molar-refractivity contribution in [2.75, 3.05) is 6.61 Å². The molecule has 3 rings (SSSR count). The van der Waals surface area contributed by atoms with Crippen molar-refractivity contribution in [3.8, 4) is 11.5 Å². The van der Waals surface area contributed by atoms with E-state index < -0.39 is 17.7 Å². The van der Waals surface area contributed by atoms with Crippen LogP contribution in [0.5, 0.6) is 11.5 Å². The number of rotatable bonds is 10. The van der Waals surface area contributed by atoms with Crippen molar-refractivity contribution in [1.82, 2.24) is 0 Å². The van der Waals surface area contributed by atoms with Crippen molar-refractivity contribution >= 4 is 10.8 Å². The molecule has 5 heteroatoms. The number of hydrogen-bond donors (Lipinski definition) is 0. The molecular formula is C25H25F3O2. The molecule has 3 aromatic carbocycles. The normalized spacial score (nSPS) is 11.5. The number of ether oxygens (including phenoxy) is 2. The molecule has 0 aliphatic heterocycles. The van der Waals surface area contributed by atoms with Gasteiger partial charge in [0, 0.05) is 0 Å². The molecule has 158 valence electrons. The summed E-state index contributed by atoms with van der Waals surface area (Å²) in [6.45, 7) is 5.94. The Morgan fingerprint density at radius 2 is 1.73 bits per heavy atom. The molecule has 0 unspecified atom stereocenters. The molecule has 0 aliphatic rings. The van der Waals surface area contributed by atoms with Crippen LogP contribution in [0.1, 0.15) is 37.3 Å². The molecule has 0 saturated carbocycles. The van der Waals surface area contributed by atoms with E-state index in [1.165, 1.54) is 36.4 Å². The lowest BCUT2D eigenvalue weighted by molar-refractivity contribution is -0.186. The molecule has 0 fully saturated rings. The van der Waals surface area contributed by atoms with Crippen molar-refractivity contribution in [2.24, 2.45) is 0 Å². The Morgan fingerprint density at radius 1 is 0.967 bits per heavy atom. The van der Waals surface area contributed by atoms with Gasteiger partial charge in [-0.05, 0) is 65.6 Å². The molecule has 0 saturated heterocycles. The summed E-state index contributed by atoms with van der Waals surface area (Å²) in [5.41, 5.74) is 0.715. The zero-order chi connectivity index (χ0) is 21.6. The Bertz CT molecular complexity index is 997. The second kappa shape index (κ2) is 9.70. The van der Waals surface area contributed by atoms with Crippen molar-refractivity contribution in [1.29, 1.82) is 0 Å². The highest BCUT2D eigenvalue weighted by atomic mass is 19.3. The smallest absolute Gasteiger partial charge is 0.426 e. The van der Waals surface area contributed by atoms with Gasteiger partial charge in [0.1, 0.15) is 12.4 Å². The standard InChI is InChI=1S/C25H25F3O2/c1-3-5-6-7-18-8-9-19-17-24(23(26)16-20(19)15-18)30-25(27,28)21-10-12-22(13-11-21)29-14-4-2/h4,8-13,15-17H,2-3,5-7,14H2,1H3. The number of halogens is 3. The van der Waals surface area contributed by atoms with E-state index in [1.807, 2.05) is 18.2 Å². The van der Waals surface area contributed by atoms with Crippen LogP contribution in [0, 0.1) is 5.82 Å². The van der Waals surface area contributed by atoms with Crippen LogP contribution in [0.3, 0.4) is 0 Å². The molecule has 3 aromatic rings. The third-order valence-corrected chi connectivity index (χ3v) is 4.82. The van der Waals surface area contributed by atoms with Gasteiger partial charge in [0.15, 0.2) is 11.6 Å². The number of hydrogen-bond acceptors (Lipinski definition) is 2. The highest BCUT2D eigenvalue weighted by Gasteiger charge is 2.35. The van der Waals surface area contributed by atoms with Crippen LogP contribution in [0.25, 0.3) is 10.8 Å². The van der Waals surface area contributed by atoms with Gasteiger partial charge in [-0.1, -0.05) is 50.6 Å². The highest BCUT2D eigenvalue weighted by molar-refractivity contribution is 5.84. The predicted octanol–water partition coefficient (Wildman–Crippen LogP) is 7.40. The summed E-state index contributed by atoms with van der Waals surface area (Å²) >= 11 is 0. The fourth-order valence-electron chi connectivity index (χ4n) is 3.21. The largest absolute Gasteiger partial charge is 0.490 e. The maximum absolute atomic E-state index is 14.6. The van der Waals surface area contributed by atoms with Crippen molar-refractivity contribution < 1.29 is 22.6 Å². The Morgan fingerprint density at radius 3 is 2.43 bits per heavy atom. The minimum Gasteiger partial charge on any atom is -0.490 e. The van der Waals surface area contributed by atoms with Crippen molar-refractivity contribution in [3.63, 3.8) is 0 Å². The molecule has 0 N–H and O–H groups in total. The molecule has 0 heterocycles. The van der Waals surface area contributed by atoms with Gasteiger partial charge in [-0.3, -0.25) is 0 Å². The van der Waals surface area contributed by atoms with Gasteiger partial charge in [0.25, 0.3) is 0 Å². The average Bonchev–Trinajstić information content (AvgIpc) is 2.73. The minimum absolute atomic E-state index is 0.273. The first-order valence-corrected chi connectivity index (χ1v) is 10.1. The second-order valence-corrected chi connectivity index (χ2v) is 7.16. The number of unbranched alkanes of at least 4 members (excludes halogenated alkanes) is 2. The summed E-state index contributed by atoms with van der Waals surface area (Å²) in [6, 6.07) is 13.4. The lowest BCUT2D eigenvalue weighted by atomic mass is 10.0. The van der Waals surface area contributed by atoms with Crippen LogP contribution in [0.4, 0.5) is 13.2 Å². The number of benzene rings is 3. The Kier molecular flexibility index (Phi) is 7.03. The maximum Gasteiger partial charge on any atom is 0.426 e. The van der Waals surface area contributed by atoms with Crippen LogP contribution in [0.2, 0.25) is 0 Å². The fraction of sp³-hybridized carbons (Fsp3) is 0.280. The summed E-state index contributed by atoms with van der Waals surface area (Å²) < 4.78 is 53.8. The highest BCUT2D eigenvalue weighted by Crippen LogP contribution is 2.35. The molecular weight excluding hydrogens is 389 g/mol. The Hall–Kier alpha value is -2.95. The monoisotopic (exact) mass is 414 g/mol. The number of alkyl halides is 2. The minimum atomic E-state index is -3.69. The van der Waals surface area contributed by atoms with Gasteiger partial charge in [0.2, 0.25) is 0 Å². The van der Waals surface area contributed by atoms with Crippen molar-refractivity contribution in [3.05, 3.63) is 84.2 Å². The molecule has 0 atom stereocenters. The molecule has 0 aromatic heterocycles. The van der Waals surface area contributed by atoms with E-state index in [4.69, 9.17) is 9.47 Å². The van der Waals surface area contributed by atoms with Gasteiger partial charge in [-0.2, -0.15) is 8.78 Å². The first-order valence-electron chi connectivity index (χ1n) is 10.1. The van der Waals surface area contributed by atoms with Crippen molar-refractivity contribution in [2.45, 2.75) is 38.7 Å². The van der Waals surface area contributed by atoms with E-state index >= 15 is 0 Å². The average molecular weight is 414 g/mol. The van der Waals surface area contributed by atoms with E-state index in [0.29, 0.717) is 16.5 Å². The summed E-state index contributed by atoms with van der Waals surface area (Å²) in [5, 5.41) is 1.32. The van der Waals surface area contributed by atoms with Gasteiger partial charge in [0.05, 0.1) is 5.56 Å². The number of aryl methyl sites for hydroxylation is 1. The molecule has 30 heavy (non-hydrogen) atoms. The van der Waals surface area contributed by atoms with E-state index in [2.05, 4.69) is 13.5 Å².